The van der Waals surface area contributed by atoms with E-state index in [1.54, 1.807) is 9.80 Å². The molecule has 4 rings (SSSR count). The van der Waals surface area contributed by atoms with Crippen molar-refractivity contribution >= 4 is 23.8 Å². The molecule has 0 aliphatic carbocycles. The van der Waals surface area contributed by atoms with Crippen LogP contribution < -0.4 is 4.90 Å². The number of ether oxygens (including phenoxy) is 1. The third-order valence-corrected chi connectivity index (χ3v) is 6.10. The van der Waals surface area contributed by atoms with Crippen molar-refractivity contribution in [1.82, 2.24) is 9.80 Å². The molecule has 2 aliphatic rings. The zero-order chi connectivity index (χ0) is 24.5. The minimum absolute atomic E-state index is 0.0376. The number of anilines is 1. The molecule has 2 aliphatic heterocycles. The molecule has 0 aromatic heterocycles. The Kier molecular flexibility index (Phi) is 6.50. The van der Waals surface area contributed by atoms with Crippen molar-refractivity contribution in [1.29, 1.82) is 0 Å². The first kappa shape index (κ1) is 23.6. The number of rotatable bonds is 5. The van der Waals surface area contributed by atoms with E-state index in [0.29, 0.717) is 32.6 Å². The minimum Gasteiger partial charge on any atom is -0.481 e. The number of aryl methyl sites for hydroxylation is 1. The molecule has 2 heterocycles. The average molecular weight is 466 g/mol. The molecule has 0 saturated carbocycles. The third kappa shape index (κ3) is 5.32. The Balaban J connectivity index is 1.40. The van der Waals surface area contributed by atoms with Gasteiger partial charge in [-0.1, -0.05) is 36.4 Å². The van der Waals surface area contributed by atoms with Crippen molar-refractivity contribution < 1.29 is 24.2 Å². The molecular weight excluding hydrogens is 434 g/mol. The monoisotopic (exact) mass is 465 g/mol. The predicted octanol–water partition coefficient (Wildman–Crippen LogP) is 4.23. The predicted molar refractivity (Wildman–Crippen MR) is 129 cm³/mol. The van der Waals surface area contributed by atoms with Crippen LogP contribution in [0.4, 0.5) is 15.3 Å². The fourth-order valence-electron chi connectivity index (χ4n) is 4.36. The molecule has 0 spiro atoms. The summed E-state index contributed by atoms with van der Waals surface area (Å²) in [6, 6.07) is 15.6. The van der Waals surface area contributed by atoms with E-state index >= 15 is 0 Å². The molecule has 3 amide bonds. The van der Waals surface area contributed by atoms with Gasteiger partial charge in [-0.15, -0.1) is 0 Å². The van der Waals surface area contributed by atoms with E-state index in [4.69, 9.17) is 9.84 Å². The Bertz CT molecular complexity index is 1060. The van der Waals surface area contributed by atoms with E-state index < -0.39 is 11.6 Å². The van der Waals surface area contributed by atoms with Gasteiger partial charge in [0, 0.05) is 38.3 Å². The zero-order valence-corrected chi connectivity index (χ0v) is 19.9. The molecule has 8 nitrogen and oxygen atoms in total. The van der Waals surface area contributed by atoms with Gasteiger partial charge in [0.05, 0.1) is 6.04 Å². The van der Waals surface area contributed by atoms with Crippen LogP contribution in [-0.4, -0.2) is 70.8 Å². The largest absolute Gasteiger partial charge is 0.481 e. The second-order valence-corrected chi connectivity index (χ2v) is 9.80. The normalized spacial score (nSPS) is 18.1. The van der Waals surface area contributed by atoms with Crippen LogP contribution in [0.25, 0.3) is 11.1 Å². The fraction of sp³-hybridized carbons (Fsp3) is 0.423. The highest BCUT2D eigenvalue weighted by Crippen LogP contribution is 2.29. The first-order valence-electron chi connectivity index (χ1n) is 11.6. The van der Waals surface area contributed by atoms with E-state index in [-0.39, 0.29) is 24.6 Å². The summed E-state index contributed by atoms with van der Waals surface area (Å²) < 4.78 is 5.49. The molecule has 0 bridgehead atoms. The number of carbonyl (C=O) groups excluding carboxylic acids is 2. The highest BCUT2D eigenvalue weighted by atomic mass is 16.6. The van der Waals surface area contributed by atoms with Crippen LogP contribution >= 0.6 is 0 Å². The van der Waals surface area contributed by atoms with E-state index in [1.165, 1.54) is 0 Å². The van der Waals surface area contributed by atoms with Gasteiger partial charge in [-0.3, -0.25) is 9.69 Å². The van der Waals surface area contributed by atoms with E-state index in [0.717, 1.165) is 22.4 Å². The Morgan fingerprint density at radius 1 is 0.971 bits per heavy atom. The lowest BCUT2D eigenvalue weighted by molar-refractivity contribution is -0.136. The number of aliphatic carboxylic acids is 1. The number of carboxylic acids is 1. The first-order valence-corrected chi connectivity index (χ1v) is 11.6. The van der Waals surface area contributed by atoms with Crippen LogP contribution in [0.2, 0.25) is 0 Å². The van der Waals surface area contributed by atoms with Gasteiger partial charge in [-0.05, 0) is 56.0 Å². The van der Waals surface area contributed by atoms with Gasteiger partial charge >= 0.3 is 18.1 Å². The summed E-state index contributed by atoms with van der Waals surface area (Å²) in [6.07, 6.45) is 0.288. The summed E-state index contributed by atoms with van der Waals surface area (Å²) in [5.74, 6) is -0.801. The molecule has 34 heavy (non-hydrogen) atoms. The van der Waals surface area contributed by atoms with Crippen LogP contribution in [0.3, 0.4) is 0 Å². The second-order valence-electron chi connectivity index (χ2n) is 9.80. The molecule has 1 unspecified atom stereocenters. The average Bonchev–Trinajstić information content (AvgIpc) is 3.13. The summed E-state index contributed by atoms with van der Waals surface area (Å²) in [5, 5.41) is 8.83. The highest BCUT2D eigenvalue weighted by Gasteiger charge is 2.42. The van der Waals surface area contributed by atoms with E-state index in [9.17, 15) is 14.4 Å². The van der Waals surface area contributed by atoms with Crippen molar-refractivity contribution in [2.75, 3.05) is 31.1 Å². The number of hydrogen-bond donors (Lipinski definition) is 1. The maximum Gasteiger partial charge on any atom is 0.410 e. The highest BCUT2D eigenvalue weighted by molar-refractivity contribution is 5.95. The molecule has 1 N–H and O–H groups in total. The number of carbonyl (C=O) groups is 3. The lowest BCUT2D eigenvalue weighted by Gasteiger charge is -2.36. The lowest BCUT2D eigenvalue weighted by atomic mass is 10.0. The molecule has 2 aromatic carbocycles. The van der Waals surface area contributed by atoms with Gasteiger partial charge in [0.2, 0.25) is 0 Å². The fourth-order valence-corrected chi connectivity index (χ4v) is 4.36. The summed E-state index contributed by atoms with van der Waals surface area (Å²) in [7, 11) is 0. The van der Waals surface area contributed by atoms with Crippen LogP contribution in [0.15, 0.2) is 48.5 Å². The number of fused-ring (bicyclic) bond motifs is 1. The smallest absolute Gasteiger partial charge is 0.410 e. The Morgan fingerprint density at radius 2 is 1.59 bits per heavy atom. The molecular formula is C26H31N3O5. The summed E-state index contributed by atoms with van der Waals surface area (Å²) in [6.45, 7) is 7.48. The third-order valence-electron chi connectivity index (χ3n) is 6.10. The van der Waals surface area contributed by atoms with Crippen LogP contribution in [-0.2, 0) is 16.0 Å². The number of hydrogen-bond acceptors (Lipinski definition) is 4. The number of nitrogens with zero attached hydrogens (tertiary/aromatic N) is 3. The molecule has 2 saturated heterocycles. The Labute approximate surface area is 199 Å². The number of carboxylic acid groups (broad SMARTS) is 1. The second kappa shape index (κ2) is 9.37. The molecule has 1 atom stereocenters. The standard InChI is InChI=1S/C26H31N3O5/c1-26(2,3)34-25(33)27-14-15-28-22(16-27)17-29(24(28)32)21-11-9-20(10-12-21)19-7-4-18(5-8-19)6-13-23(30)31/h4-5,7-12,22H,6,13-17H2,1-3H3,(H,30,31). The van der Waals surface area contributed by atoms with Gasteiger partial charge in [-0.2, -0.15) is 0 Å². The van der Waals surface area contributed by atoms with Gasteiger partial charge in [0.15, 0.2) is 0 Å². The van der Waals surface area contributed by atoms with Gasteiger partial charge in [0.1, 0.15) is 5.60 Å². The van der Waals surface area contributed by atoms with Crippen molar-refractivity contribution in [2.45, 2.75) is 45.3 Å². The number of amides is 3. The molecule has 0 radical (unpaired) electrons. The van der Waals surface area contributed by atoms with E-state index in [2.05, 4.69) is 0 Å². The van der Waals surface area contributed by atoms with Gasteiger partial charge in [0.25, 0.3) is 0 Å². The Hall–Kier alpha value is -3.55. The molecule has 2 aromatic rings. The lowest BCUT2D eigenvalue weighted by Crippen LogP contribution is -2.54. The number of piperazine rings is 1. The maximum absolute atomic E-state index is 13.0. The number of benzene rings is 2. The van der Waals surface area contributed by atoms with E-state index in [1.807, 2.05) is 74.2 Å². The minimum atomic E-state index is -0.801. The number of urea groups is 1. The van der Waals surface area contributed by atoms with Crippen molar-refractivity contribution in [3.8, 4) is 11.1 Å². The van der Waals surface area contributed by atoms with Crippen LogP contribution in [0.5, 0.6) is 0 Å². The summed E-state index contributed by atoms with van der Waals surface area (Å²) in [5.41, 5.74) is 3.32. The van der Waals surface area contributed by atoms with Crippen molar-refractivity contribution in [3.63, 3.8) is 0 Å². The van der Waals surface area contributed by atoms with Crippen LogP contribution in [0.1, 0.15) is 32.8 Å². The zero-order valence-electron chi connectivity index (χ0n) is 19.9. The summed E-state index contributed by atoms with van der Waals surface area (Å²) in [4.78, 5) is 41.5. The molecule has 2 fully saturated rings. The first-order chi connectivity index (χ1) is 16.1. The van der Waals surface area contributed by atoms with Crippen molar-refractivity contribution in [2.24, 2.45) is 0 Å². The summed E-state index contributed by atoms with van der Waals surface area (Å²) >= 11 is 0. The van der Waals surface area contributed by atoms with Crippen LogP contribution in [0, 0.1) is 0 Å². The molecule has 8 heteroatoms. The van der Waals surface area contributed by atoms with Crippen molar-refractivity contribution in [3.05, 3.63) is 54.1 Å². The topological polar surface area (TPSA) is 90.4 Å². The maximum atomic E-state index is 13.0. The van der Waals surface area contributed by atoms with Gasteiger partial charge in [-0.25, -0.2) is 9.59 Å². The SMILES string of the molecule is CC(C)(C)OC(=O)N1CCN2C(=O)N(c3ccc(-c4ccc(CCC(=O)O)cc4)cc3)CC2C1. The molecule has 180 valence electrons. The Morgan fingerprint density at radius 3 is 2.18 bits per heavy atom. The van der Waals surface area contributed by atoms with Gasteiger partial charge < -0.3 is 19.6 Å². The quantitative estimate of drug-likeness (QED) is 0.714.